The molecular formula is C23H24ClN5O. The predicted octanol–water partition coefficient (Wildman–Crippen LogP) is 2.60. The number of nitriles is 1. The van der Waals surface area contributed by atoms with E-state index in [0.29, 0.717) is 25.1 Å². The van der Waals surface area contributed by atoms with Crippen molar-refractivity contribution in [3.05, 3.63) is 89.0 Å². The number of rotatable bonds is 6. The molecule has 0 saturated heterocycles. The van der Waals surface area contributed by atoms with Crippen LogP contribution >= 0.6 is 12.4 Å². The number of nitrogens with zero attached hydrogens (tertiary/aromatic N) is 3. The molecule has 0 bridgehead atoms. The molecule has 1 atom stereocenters. The Morgan fingerprint density at radius 1 is 1.20 bits per heavy atom. The van der Waals surface area contributed by atoms with Crippen LogP contribution in [0.4, 0.5) is 0 Å². The topological polar surface area (TPSA) is 82.7 Å². The summed E-state index contributed by atoms with van der Waals surface area (Å²) in [5, 5.41) is 15.3. The molecule has 0 unspecified atom stereocenters. The Labute approximate surface area is 182 Å². The van der Waals surface area contributed by atoms with E-state index in [1.165, 1.54) is 11.1 Å². The second-order valence-electron chi connectivity index (χ2n) is 7.27. The Balaban J connectivity index is 0.00000256. The summed E-state index contributed by atoms with van der Waals surface area (Å²) >= 11 is 0. The fourth-order valence-electron chi connectivity index (χ4n) is 3.66. The Morgan fingerprint density at radius 3 is 2.73 bits per heavy atom. The van der Waals surface area contributed by atoms with Crippen molar-refractivity contribution in [2.45, 2.75) is 32.0 Å². The van der Waals surface area contributed by atoms with Gasteiger partial charge in [-0.15, -0.1) is 12.4 Å². The average molecular weight is 422 g/mol. The Hall–Kier alpha value is -3.14. The Bertz CT molecular complexity index is 1040. The standard InChI is InChI=1S/C23H23N5O.ClH/c24-12-17-5-7-18(8-6-17)15-28-16-25-14-21(28)9-10-26-23(29)22-11-19-3-1-2-4-20(19)13-27-22;/h1-8,14,16,22,27H,9-11,13,15H2,(H,26,29);1H/t22-;/m0./s1. The number of amides is 1. The normalized spacial score (nSPS) is 14.8. The smallest absolute Gasteiger partial charge is 0.237 e. The first kappa shape index (κ1) is 21.6. The number of hydrogen-bond acceptors (Lipinski definition) is 4. The lowest BCUT2D eigenvalue weighted by atomic mass is 9.95. The molecule has 0 radical (unpaired) electrons. The van der Waals surface area contributed by atoms with Gasteiger partial charge in [0.2, 0.25) is 5.91 Å². The van der Waals surface area contributed by atoms with Gasteiger partial charge in [0, 0.05) is 37.9 Å². The summed E-state index contributed by atoms with van der Waals surface area (Å²) < 4.78 is 2.07. The first-order chi connectivity index (χ1) is 14.2. The summed E-state index contributed by atoms with van der Waals surface area (Å²) in [4.78, 5) is 16.8. The molecule has 2 N–H and O–H groups in total. The average Bonchev–Trinajstić information content (AvgIpc) is 3.20. The summed E-state index contributed by atoms with van der Waals surface area (Å²) in [6.07, 6.45) is 5.07. The summed E-state index contributed by atoms with van der Waals surface area (Å²) in [6.45, 7) is 1.99. The number of fused-ring (bicyclic) bond motifs is 1. The third-order valence-electron chi connectivity index (χ3n) is 5.31. The molecular weight excluding hydrogens is 398 g/mol. The van der Waals surface area contributed by atoms with Gasteiger partial charge in [0.1, 0.15) is 0 Å². The van der Waals surface area contributed by atoms with Gasteiger partial charge in [-0.05, 0) is 35.2 Å². The minimum atomic E-state index is -0.187. The first-order valence-corrected chi connectivity index (χ1v) is 9.79. The number of carbonyl (C=O) groups excluding carboxylic acids is 1. The number of imidazole rings is 1. The SMILES string of the molecule is Cl.N#Cc1ccc(Cn2cncc2CCNC(=O)[C@@H]2Cc3ccccc3CN2)cc1. The zero-order chi connectivity index (χ0) is 20.1. The largest absolute Gasteiger partial charge is 0.354 e. The lowest BCUT2D eigenvalue weighted by Crippen LogP contribution is -2.48. The number of benzene rings is 2. The highest BCUT2D eigenvalue weighted by atomic mass is 35.5. The number of nitrogens with one attached hydrogen (secondary N) is 2. The molecule has 0 fully saturated rings. The van der Waals surface area contributed by atoms with Gasteiger partial charge in [-0.2, -0.15) is 5.26 Å². The summed E-state index contributed by atoms with van der Waals surface area (Å²) in [6, 6.07) is 17.7. The van der Waals surface area contributed by atoms with E-state index in [4.69, 9.17) is 5.26 Å². The highest BCUT2D eigenvalue weighted by Crippen LogP contribution is 2.16. The van der Waals surface area contributed by atoms with E-state index < -0.39 is 0 Å². The number of hydrogen-bond donors (Lipinski definition) is 2. The van der Waals surface area contributed by atoms with Crippen molar-refractivity contribution < 1.29 is 4.79 Å². The van der Waals surface area contributed by atoms with Gasteiger partial charge < -0.3 is 15.2 Å². The maximum atomic E-state index is 12.6. The van der Waals surface area contributed by atoms with Gasteiger partial charge in [0.05, 0.1) is 24.0 Å². The van der Waals surface area contributed by atoms with Crippen molar-refractivity contribution in [3.8, 4) is 6.07 Å². The van der Waals surface area contributed by atoms with Crippen LogP contribution in [0.3, 0.4) is 0 Å². The van der Waals surface area contributed by atoms with Crippen LogP contribution in [0.2, 0.25) is 0 Å². The molecule has 3 aromatic rings. The molecule has 2 heterocycles. The molecule has 1 amide bonds. The van der Waals surface area contributed by atoms with Crippen molar-refractivity contribution >= 4 is 18.3 Å². The molecule has 4 rings (SSSR count). The van der Waals surface area contributed by atoms with Gasteiger partial charge in [-0.1, -0.05) is 36.4 Å². The second kappa shape index (κ2) is 10.1. The van der Waals surface area contributed by atoms with Crippen LogP contribution in [-0.4, -0.2) is 28.0 Å². The van der Waals surface area contributed by atoms with Crippen LogP contribution in [-0.2, 0) is 30.7 Å². The van der Waals surface area contributed by atoms with Gasteiger partial charge >= 0.3 is 0 Å². The van der Waals surface area contributed by atoms with Gasteiger partial charge in [0.25, 0.3) is 0 Å². The maximum Gasteiger partial charge on any atom is 0.237 e. The molecule has 1 aliphatic rings. The van der Waals surface area contributed by atoms with E-state index in [9.17, 15) is 4.79 Å². The molecule has 0 aliphatic carbocycles. The van der Waals surface area contributed by atoms with Gasteiger partial charge in [-0.25, -0.2) is 4.98 Å². The summed E-state index contributed by atoms with van der Waals surface area (Å²) in [7, 11) is 0. The summed E-state index contributed by atoms with van der Waals surface area (Å²) in [5.74, 6) is 0.0395. The van der Waals surface area contributed by atoms with E-state index >= 15 is 0 Å². The summed E-state index contributed by atoms with van der Waals surface area (Å²) in [5.41, 5.74) is 5.34. The molecule has 1 aliphatic heterocycles. The molecule has 1 aromatic heterocycles. The fourth-order valence-corrected chi connectivity index (χ4v) is 3.66. The number of aromatic nitrogens is 2. The van der Waals surface area contributed by atoms with Crippen LogP contribution in [0.1, 0.15) is 27.9 Å². The maximum absolute atomic E-state index is 12.6. The van der Waals surface area contributed by atoms with Crippen LogP contribution in [0.15, 0.2) is 61.1 Å². The fraction of sp³-hybridized carbons (Fsp3) is 0.261. The minimum absolute atomic E-state index is 0. The van der Waals surface area contributed by atoms with E-state index in [2.05, 4.69) is 38.4 Å². The number of carbonyl (C=O) groups is 1. The Morgan fingerprint density at radius 2 is 1.97 bits per heavy atom. The number of halogens is 1. The molecule has 2 aromatic carbocycles. The van der Waals surface area contributed by atoms with Crippen LogP contribution in [0.5, 0.6) is 0 Å². The van der Waals surface area contributed by atoms with Crippen molar-refractivity contribution in [2.24, 2.45) is 0 Å². The van der Waals surface area contributed by atoms with Crippen LogP contribution in [0.25, 0.3) is 0 Å². The van der Waals surface area contributed by atoms with Crippen molar-refractivity contribution in [3.63, 3.8) is 0 Å². The third kappa shape index (κ3) is 5.07. The van der Waals surface area contributed by atoms with E-state index in [0.717, 1.165) is 24.2 Å². The third-order valence-corrected chi connectivity index (χ3v) is 5.31. The van der Waals surface area contributed by atoms with Gasteiger partial charge in [-0.3, -0.25) is 4.79 Å². The quantitative estimate of drug-likeness (QED) is 0.640. The molecule has 6 nitrogen and oxygen atoms in total. The Kier molecular flexibility index (Phi) is 7.23. The monoisotopic (exact) mass is 421 g/mol. The van der Waals surface area contributed by atoms with Crippen molar-refractivity contribution in [2.75, 3.05) is 6.54 Å². The van der Waals surface area contributed by atoms with E-state index in [1.54, 1.807) is 6.33 Å². The molecule has 0 saturated carbocycles. The highest BCUT2D eigenvalue weighted by Gasteiger charge is 2.23. The van der Waals surface area contributed by atoms with Crippen LogP contribution < -0.4 is 10.6 Å². The zero-order valence-electron chi connectivity index (χ0n) is 16.5. The molecule has 30 heavy (non-hydrogen) atoms. The molecule has 154 valence electrons. The lowest BCUT2D eigenvalue weighted by Gasteiger charge is -2.25. The lowest BCUT2D eigenvalue weighted by molar-refractivity contribution is -0.123. The zero-order valence-corrected chi connectivity index (χ0v) is 17.4. The molecule has 7 heteroatoms. The minimum Gasteiger partial charge on any atom is -0.354 e. The predicted molar refractivity (Wildman–Crippen MR) is 117 cm³/mol. The van der Waals surface area contributed by atoms with Gasteiger partial charge in [0.15, 0.2) is 0 Å². The van der Waals surface area contributed by atoms with E-state index in [1.807, 2.05) is 42.6 Å². The highest BCUT2D eigenvalue weighted by molar-refractivity contribution is 5.85. The first-order valence-electron chi connectivity index (χ1n) is 9.79. The van der Waals surface area contributed by atoms with E-state index in [-0.39, 0.29) is 24.4 Å². The van der Waals surface area contributed by atoms with Crippen molar-refractivity contribution in [1.82, 2.24) is 20.2 Å². The van der Waals surface area contributed by atoms with Crippen LogP contribution in [0, 0.1) is 11.3 Å². The van der Waals surface area contributed by atoms with Crippen molar-refractivity contribution in [1.29, 1.82) is 5.26 Å². The second-order valence-corrected chi connectivity index (χ2v) is 7.27. The molecule has 0 spiro atoms.